The molecule has 140 valence electrons. The number of methoxy groups -OCH3 is 1. The first-order valence-corrected chi connectivity index (χ1v) is 9.36. The van der Waals surface area contributed by atoms with Crippen molar-refractivity contribution in [2.45, 2.75) is 32.6 Å². The van der Waals surface area contributed by atoms with Gasteiger partial charge in [-0.2, -0.15) is 0 Å². The SMILES string of the molecule is COc1ccc(NC(=O)C2(C3(C(=O)N4CCOCC4)CC3)CC2)c(C)c1. The van der Waals surface area contributed by atoms with Crippen LogP contribution in [0, 0.1) is 17.8 Å². The van der Waals surface area contributed by atoms with Gasteiger partial charge in [0.05, 0.1) is 31.2 Å². The fourth-order valence-corrected chi connectivity index (χ4v) is 4.28. The standard InChI is InChI=1S/C20H26N2O4/c1-14-13-15(25-2)3-4-16(14)21-17(23)19(5-6-19)20(7-8-20)18(24)22-9-11-26-12-10-22/h3-4,13H,5-12H2,1-2H3,(H,21,23). The van der Waals surface area contributed by atoms with E-state index in [1.165, 1.54) is 0 Å². The molecule has 1 aromatic rings. The number of ether oxygens (including phenoxy) is 2. The molecule has 26 heavy (non-hydrogen) atoms. The van der Waals surface area contributed by atoms with Crippen molar-refractivity contribution in [3.8, 4) is 5.75 Å². The van der Waals surface area contributed by atoms with Crippen LogP contribution >= 0.6 is 0 Å². The number of hydrogen-bond donors (Lipinski definition) is 1. The van der Waals surface area contributed by atoms with Crippen molar-refractivity contribution in [2.75, 3.05) is 38.7 Å². The first-order chi connectivity index (χ1) is 12.5. The number of nitrogens with zero attached hydrogens (tertiary/aromatic N) is 1. The molecule has 0 bridgehead atoms. The Labute approximate surface area is 153 Å². The van der Waals surface area contributed by atoms with Gasteiger partial charge in [0.2, 0.25) is 11.8 Å². The fraction of sp³-hybridized carbons (Fsp3) is 0.600. The third kappa shape index (κ3) is 2.67. The molecule has 1 saturated heterocycles. The summed E-state index contributed by atoms with van der Waals surface area (Å²) in [5, 5.41) is 3.08. The number of benzene rings is 1. The van der Waals surface area contributed by atoms with Crippen LogP contribution in [0.1, 0.15) is 31.2 Å². The van der Waals surface area contributed by atoms with E-state index in [0.717, 1.165) is 42.7 Å². The van der Waals surface area contributed by atoms with Gasteiger partial charge in [-0.25, -0.2) is 0 Å². The summed E-state index contributed by atoms with van der Waals surface area (Å²) < 4.78 is 10.6. The molecule has 0 radical (unpaired) electrons. The van der Waals surface area contributed by atoms with Crippen LogP contribution in [-0.2, 0) is 14.3 Å². The summed E-state index contributed by atoms with van der Waals surface area (Å²) in [5.41, 5.74) is 0.721. The number of carbonyl (C=O) groups is 2. The Balaban J connectivity index is 1.51. The number of morpholine rings is 1. The molecule has 1 aromatic carbocycles. The van der Waals surface area contributed by atoms with Crippen molar-refractivity contribution in [3.63, 3.8) is 0 Å². The maximum Gasteiger partial charge on any atom is 0.231 e. The normalized spacial score (nSPS) is 22.5. The Hall–Kier alpha value is -2.08. The van der Waals surface area contributed by atoms with Crippen LogP contribution in [0.2, 0.25) is 0 Å². The highest BCUT2D eigenvalue weighted by Gasteiger charge is 2.73. The van der Waals surface area contributed by atoms with Gasteiger partial charge in [-0.05, 0) is 56.4 Å². The number of aryl methyl sites for hydroxylation is 1. The van der Waals surface area contributed by atoms with Crippen LogP contribution < -0.4 is 10.1 Å². The van der Waals surface area contributed by atoms with E-state index < -0.39 is 10.8 Å². The highest BCUT2D eigenvalue weighted by molar-refractivity contribution is 6.03. The highest BCUT2D eigenvalue weighted by Crippen LogP contribution is 2.71. The van der Waals surface area contributed by atoms with Crippen LogP contribution in [0.3, 0.4) is 0 Å². The van der Waals surface area contributed by atoms with Crippen LogP contribution in [-0.4, -0.2) is 50.1 Å². The van der Waals surface area contributed by atoms with E-state index in [1.807, 2.05) is 30.0 Å². The van der Waals surface area contributed by atoms with Gasteiger partial charge in [0, 0.05) is 18.8 Å². The summed E-state index contributed by atoms with van der Waals surface area (Å²) >= 11 is 0. The summed E-state index contributed by atoms with van der Waals surface area (Å²) in [5.74, 6) is 0.910. The maximum absolute atomic E-state index is 13.2. The molecular formula is C20H26N2O4. The summed E-state index contributed by atoms with van der Waals surface area (Å²) in [6.07, 6.45) is 3.23. The quantitative estimate of drug-likeness (QED) is 0.877. The number of nitrogens with one attached hydrogen (secondary N) is 1. The minimum absolute atomic E-state index is 0.00937. The van der Waals surface area contributed by atoms with Gasteiger partial charge in [-0.1, -0.05) is 0 Å². The second-order valence-corrected chi connectivity index (χ2v) is 7.70. The van der Waals surface area contributed by atoms with Crippen molar-refractivity contribution in [3.05, 3.63) is 23.8 Å². The monoisotopic (exact) mass is 358 g/mol. The second-order valence-electron chi connectivity index (χ2n) is 7.70. The number of rotatable bonds is 5. The van der Waals surface area contributed by atoms with Gasteiger partial charge >= 0.3 is 0 Å². The van der Waals surface area contributed by atoms with Gasteiger partial charge in [0.1, 0.15) is 5.75 Å². The molecule has 6 nitrogen and oxygen atoms in total. The molecule has 0 spiro atoms. The van der Waals surface area contributed by atoms with Crippen molar-refractivity contribution in [1.82, 2.24) is 4.90 Å². The third-order valence-electron chi connectivity index (χ3n) is 6.24. The molecule has 1 heterocycles. The van der Waals surface area contributed by atoms with E-state index in [1.54, 1.807) is 7.11 Å². The largest absolute Gasteiger partial charge is 0.497 e. The van der Waals surface area contributed by atoms with E-state index >= 15 is 0 Å². The Kier molecular flexibility index (Phi) is 4.18. The molecule has 4 rings (SSSR count). The Bertz CT molecular complexity index is 731. The molecule has 1 N–H and O–H groups in total. The lowest BCUT2D eigenvalue weighted by atomic mass is 9.83. The number of anilines is 1. The molecular weight excluding hydrogens is 332 g/mol. The first-order valence-electron chi connectivity index (χ1n) is 9.36. The second kappa shape index (κ2) is 6.27. The van der Waals surface area contributed by atoms with Crippen LogP contribution in [0.15, 0.2) is 18.2 Å². The first kappa shape index (κ1) is 17.3. The smallest absolute Gasteiger partial charge is 0.231 e. The van der Waals surface area contributed by atoms with E-state index in [9.17, 15) is 9.59 Å². The van der Waals surface area contributed by atoms with Gasteiger partial charge in [0.15, 0.2) is 0 Å². The minimum atomic E-state index is -0.533. The average Bonchev–Trinajstić information content (AvgIpc) is 3.56. The lowest BCUT2D eigenvalue weighted by Crippen LogP contribution is -2.49. The number of carbonyl (C=O) groups excluding carboxylic acids is 2. The summed E-state index contributed by atoms with van der Waals surface area (Å²) in [6.45, 7) is 4.40. The van der Waals surface area contributed by atoms with Gasteiger partial charge in [0.25, 0.3) is 0 Å². The Morgan fingerprint density at radius 2 is 1.77 bits per heavy atom. The molecule has 0 unspecified atom stereocenters. The van der Waals surface area contributed by atoms with Crippen molar-refractivity contribution < 1.29 is 19.1 Å². The van der Waals surface area contributed by atoms with E-state index in [-0.39, 0.29) is 11.8 Å². The minimum Gasteiger partial charge on any atom is -0.497 e. The van der Waals surface area contributed by atoms with Crippen molar-refractivity contribution in [2.24, 2.45) is 10.8 Å². The average molecular weight is 358 g/mol. The van der Waals surface area contributed by atoms with Gasteiger partial charge in [-0.15, -0.1) is 0 Å². The summed E-state index contributed by atoms with van der Waals surface area (Å²) in [4.78, 5) is 28.2. The van der Waals surface area contributed by atoms with E-state index in [4.69, 9.17) is 9.47 Å². The Morgan fingerprint density at radius 1 is 1.12 bits per heavy atom. The molecule has 2 amide bonds. The lowest BCUT2D eigenvalue weighted by molar-refractivity contribution is -0.147. The molecule has 6 heteroatoms. The number of hydrogen-bond acceptors (Lipinski definition) is 4. The zero-order chi connectivity index (χ0) is 18.4. The highest BCUT2D eigenvalue weighted by atomic mass is 16.5. The molecule has 2 saturated carbocycles. The van der Waals surface area contributed by atoms with Crippen molar-refractivity contribution in [1.29, 1.82) is 0 Å². The Morgan fingerprint density at radius 3 is 2.31 bits per heavy atom. The topological polar surface area (TPSA) is 67.9 Å². The number of amides is 2. The molecule has 3 aliphatic rings. The predicted octanol–water partition coefficient (Wildman–Crippen LogP) is 2.36. The maximum atomic E-state index is 13.2. The summed E-state index contributed by atoms with van der Waals surface area (Å²) in [7, 11) is 1.63. The zero-order valence-electron chi connectivity index (χ0n) is 15.5. The lowest BCUT2D eigenvalue weighted by Gasteiger charge is -2.34. The fourth-order valence-electron chi connectivity index (χ4n) is 4.28. The van der Waals surface area contributed by atoms with Crippen LogP contribution in [0.25, 0.3) is 0 Å². The molecule has 3 fully saturated rings. The van der Waals surface area contributed by atoms with Crippen LogP contribution in [0.5, 0.6) is 5.75 Å². The van der Waals surface area contributed by atoms with Crippen LogP contribution in [0.4, 0.5) is 5.69 Å². The molecule has 0 atom stereocenters. The zero-order valence-corrected chi connectivity index (χ0v) is 15.5. The van der Waals surface area contributed by atoms with E-state index in [2.05, 4.69) is 5.32 Å². The third-order valence-corrected chi connectivity index (χ3v) is 6.24. The van der Waals surface area contributed by atoms with E-state index in [0.29, 0.717) is 26.3 Å². The van der Waals surface area contributed by atoms with Gasteiger partial charge in [-0.3, -0.25) is 9.59 Å². The van der Waals surface area contributed by atoms with Crippen molar-refractivity contribution >= 4 is 17.5 Å². The van der Waals surface area contributed by atoms with Gasteiger partial charge < -0.3 is 19.7 Å². The molecule has 2 aliphatic carbocycles. The molecule has 0 aromatic heterocycles. The predicted molar refractivity (Wildman–Crippen MR) is 97.1 cm³/mol. The molecule has 1 aliphatic heterocycles. The summed E-state index contributed by atoms with van der Waals surface area (Å²) in [6, 6.07) is 5.61.